The van der Waals surface area contributed by atoms with Gasteiger partial charge < -0.3 is 5.32 Å². The summed E-state index contributed by atoms with van der Waals surface area (Å²) in [6.07, 6.45) is 2.13. The molecule has 1 unspecified atom stereocenters. The van der Waals surface area contributed by atoms with Crippen molar-refractivity contribution in [1.82, 2.24) is 5.32 Å². The lowest BCUT2D eigenvalue weighted by molar-refractivity contribution is 0.678. The third-order valence-corrected chi connectivity index (χ3v) is 5.08. The molecule has 0 aliphatic rings. The van der Waals surface area contributed by atoms with Crippen LogP contribution in [0.15, 0.2) is 40.9 Å². The Morgan fingerprint density at radius 2 is 1.81 bits per heavy atom. The van der Waals surface area contributed by atoms with Crippen molar-refractivity contribution < 1.29 is 0 Å². The molecule has 0 spiro atoms. The van der Waals surface area contributed by atoms with Gasteiger partial charge in [0.1, 0.15) is 0 Å². The van der Waals surface area contributed by atoms with Crippen LogP contribution >= 0.6 is 15.9 Å². The average Bonchev–Trinajstić information content (AvgIpc) is 2.52. The molecule has 112 valence electrons. The summed E-state index contributed by atoms with van der Waals surface area (Å²) in [5, 5.41) is 3.51. The maximum Gasteiger partial charge on any atom is 0.0580 e. The number of benzene rings is 2. The van der Waals surface area contributed by atoms with Gasteiger partial charge in [0.2, 0.25) is 0 Å². The van der Waals surface area contributed by atoms with Gasteiger partial charge in [0.15, 0.2) is 0 Å². The van der Waals surface area contributed by atoms with E-state index in [1.54, 1.807) is 0 Å². The zero-order valence-electron chi connectivity index (χ0n) is 13.3. The number of nitrogens with one attached hydrogen (secondary N) is 1. The van der Waals surface area contributed by atoms with Crippen LogP contribution in [0.4, 0.5) is 0 Å². The highest BCUT2D eigenvalue weighted by Crippen LogP contribution is 2.31. The molecular formula is C19H24BrN. The molecule has 0 aromatic heterocycles. The molecule has 21 heavy (non-hydrogen) atoms. The lowest BCUT2D eigenvalue weighted by atomic mass is 9.89. The minimum atomic E-state index is 0.240. The quantitative estimate of drug-likeness (QED) is 0.785. The Morgan fingerprint density at radius 1 is 1.05 bits per heavy atom. The van der Waals surface area contributed by atoms with Crippen molar-refractivity contribution in [3.8, 4) is 0 Å². The number of halogens is 1. The second kappa shape index (κ2) is 7.24. The van der Waals surface area contributed by atoms with E-state index < -0.39 is 0 Å². The van der Waals surface area contributed by atoms with E-state index in [-0.39, 0.29) is 6.04 Å². The Hall–Kier alpha value is -1.12. The fourth-order valence-corrected chi connectivity index (χ4v) is 3.25. The first kappa shape index (κ1) is 16.3. The molecule has 2 rings (SSSR count). The van der Waals surface area contributed by atoms with Crippen molar-refractivity contribution in [2.75, 3.05) is 7.05 Å². The molecule has 1 atom stereocenters. The molecule has 2 aromatic carbocycles. The van der Waals surface area contributed by atoms with Gasteiger partial charge in [-0.25, -0.2) is 0 Å². The van der Waals surface area contributed by atoms with Gasteiger partial charge in [0.05, 0.1) is 6.04 Å². The number of aryl methyl sites for hydroxylation is 2. The van der Waals surface area contributed by atoms with Crippen LogP contribution < -0.4 is 5.32 Å². The van der Waals surface area contributed by atoms with Gasteiger partial charge in [-0.15, -0.1) is 0 Å². The Morgan fingerprint density at radius 3 is 2.43 bits per heavy atom. The predicted molar refractivity (Wildman–Crippen MR) is 95.0 cm³/mol. The molecule has 0 aliphatic carbocycles. The van der Waals surface area contributed by atoms with Gasteiger partial charge in [-0.1, -0.05) is 60.1 Å². The summed E-state index contributed by atoms with van der Waals surface area (Å²) in [6, 6.07) is 13.6. The van der Waals surface area contributed by atoms with E-state index in [1.807, 2.05) is 7.05 Å². The molecule has 0 heterocycles. The van der Waals surface area contributed by atoms with Gasteiger partial charge in [-0.3, -0.25) is 0 Å². The van der Waals surface area contributed by atoms with Gasteiger partial charge >= 0.3 is 0 Å². The average molecular weight is 346 g/mol. The van der Waals surface area contributed by atoms with Crippen molar-refractivity contribution in [1.29, 1.82) is 0 Å². The van der Waals surface area contributed by atoms with Crippen LogP contribution in [0.2, 0.25) is 0 Å². The van der Waals surface area contributed by atoms with Crippen LogP contribution in [-0.4, -0.2) is 7.05 Å². The molecule has 2 aromatic rings. The van der Waals surface area contributed by atoms with E-state index >= 15 is 0 Å². The van der Waals surface area contributed by atoms with E-state index in [0.717, 1.165) is 12.8 Å². The largest absolute Gasteiger partial charge is 0.309 e. The molecule has 0 radical (unpaired) electrons. The summed E-state index contributed by atoms with van der Waals surface area (Å²) < 4.78 is 1.17. The van der Waals surface area contributed by atoms with E-state index in [4.69, 9.17) is 0 Å². The van der Waals surface area contributed by atoms with Gasteiger partial charge in [0, 0.05) is 4.47 Å². The first-order valence-corrected chi connectivity index (χ1v) is 8.45. The highest BCUT2D eigenvalue weighted by molar-refractivity contribution is 9.10. The molecule has 0 bridgehead atoms. The van der Waals surface area contributed by atoms with Crippen LogP contribution in [0.25, 0.3) is 0 Å². The molecule has 1 nitrogen and oxygen atoms in total. The van der Waals surface area contributed by atoms with E-state index in [0.29, 0.717) is 0 Å². The molecule has 0 saturated heterocycles. The summed E-state index contributed by atoms with van der Waals surface area (Å²) in [5.41, 5.74) is 6.87. The van der Waals surface area contributed by atoms with Gasteiger partial charge in [-0.2, -0.15) is 0 Å². The summed E-state index contributed by atoms with van der Waals surface area (Å²) >= 11 is 3.65. The monoisotopic (exact) mass is 345 g/mol. The molecular weight excluding hydrogens is 322 g/mol. The number of rotatable bonds is 5. The lowest BCUT2D eigenvalue weighted by Crippen LogP contribution is -2.20. The Bertz CT molecular complexity index is 619. The maximum absolute atomic E-state index is 3.65. The summed E-state index contributed by atoms with van der Waals surface area (Å²) in [5.74, 6) is 0. The molecule has 0 aliphatic heterocycles. The Kier molecular flexibility index (Phi) is 5.60. The number of hydrogen-bond acceptors (Lipinski definition) is 1. The fraction of sp³-hybridized carbons (Fsp3) is 0.368. The smallest absolute Gasteiger partial charge is 0.0580 e. The van der Waals surface area contributed by atoms with Crippen LogP contribution in [0.5, 0.6) is 0 Å². The summed E-state index contributed by atoms with van der Waals surface area (Å²) in [6.45, 7) is 6.62. The van der Waals surface area contributed by atoms with Crippen molar-refractivity contribution in [2.45, 2.75) is 39.7 Å². The second-order valence-corrected chi connectivity index (χ2v) is 6.27. The zero-order valence-corrected chi connectivity index (χ0v) is 14.9. The van der Waals surface area contributed by atoms with Crippen LogP contribution in [0, 0.1) is 6.92 Å². The van der Waals surface area contributed by atoms with Gasteiger partial charge in [-0.05, 0) is 60.7 Å². The second-order valence-electron chi connectivity index (χ2n) is 5.42. The minimum Gasteiger partial charge on any atom is -0.309 e. The van der Waals surface area contributed by atoms with Crippen LogP contribution in [0.3, 0.4) is 0 Å². The minimum absolute atomic E-state index is 0.240. The first-order valence-electron chi connectivity index (χ1n) is 7.66. The summed E-state index contributed by atoms with van der Waals surface area (Å²) in [7, 11) is 2.04. The van der Waals surface area contributed by atoms with Crippen molar-refractivity contribution >= 4 is 15.9 Å². The SMILES string of the molecule is CCc1ccc(CC)c(C(NC)c2cccc(Br)c2C)c1. The summed E-state index contributed by atoms with van der Waals surface area (Å²) in [4.78, 5) is 0. The maximum atomic E-state index is 3.65. The third-order valence-electron chi connectivity index (χ3n) is 4.22. The van der Waals surface area contributed by atoms with Crippen LogP contribution in [0.1, 0.15) is 47.7 Å². The normalized spacial score (nSPS) is 12.4. The topological polar surface area (TPSA) is 12.0 Å². The van der Waals surface area contributed by atoms with E-state index in [1.165, 1.54) is 32.3 Å². The lowest BCUT2D eigenvalue weighted by Gasteiger charge is -2.23. The third kappa shape index (κ3) is 3.38. The molecule has 0 saturated carbocycles. The van der Waals surface area contributed by atoms with Crippen molar-refractivity contribution in [3.63, 3.8) is 0 Å². The Balaban J connectivity index is 2.57. The fourth-order valence-electron chi connectivity index (χ4n) is 2.87. The van der Waals surface area contributed by atoms with E-state index in [2.05, 4.69) is 78.4 Å². The molecule has 2 heteroatoms. The highest BCUT2D eigenvalue weighted by Gasteiger charge is 2.18. The number of hydrogen-bond donors (Lipinski definition) is 1. The molecule has 0 fully saturated rings. The first-order chi connectivity index (χ1) is 10.1. The standard InChI is InChI=1S/C19H24BrN/c1-5-14-10-11-15(6-2)17(12-14)19(21-4)16-8-7-9-18(20)13(16)3/h7-12,19,21H,5-6H2,1-4H3. The van der Waals surface area contributed by atoms with Crippen molar-refractivity contribution in [2.24, 2.45) is 0 Å². The molecule has 0 amide bonds. The van der Waals surface area contributed by atoms with Crippen molar-refractivity contribution in [3.05, 3.63) is 68.7 Å². The van der Waals surface area contributed by atoms with Gasteiger partial charge in [0.25, 0.3) is 0 Å². The Labute approximate surface area is 136 Å². The predicted octanol–water partition coefficient (Wildman–Crippen LogP) is 5.19. The van der Waals surface area contributed by atoms with E-state index in [9.17, 15) is 0 Å². The highest BCUT2D eigenvalue weighted by atomic mass is 79.9. The van der Waals surface area contributed by atoms with Crippen LogP contribution in [-0.2, 0) is 12.8 Å². The zero-order chi connectivity index (χ0) is 15.4. The molecule has 1 N–H and O–H groups in total.